The fourth-order valence-corrected chi connectivity index (χ4v) is 3.17. The lowest BCUT2D eigenvalue weighted by molar-refractivity contribution is -0.141. The zero-order chi connectivity index (χ0) is 31.1. The zero-order valence-corrected chi connectivity index (χ0v) is 25.5. The summed E-state index contributed by atoms with van der Waals surface area (Å²) < 4.78 is 53.9. The fourth-order valence-electron chi connectivity index (χ4n) is 3.17. The normalized spacial score (nSPS) is 13.0. The van der Waals surface area contributed by atoms with E-state index in [-0.39, 0.29) is 13.1 Å². The molecule has 0 aromatic heterocycles. The second-order valence-electron chi connectivity index (χ2n) is 8.65. The lowest BCUT2D eigenvalue weighted by atomic mass is 10.4. The van der Waals surface area contributed by atoms with Gasteiger partial charge in [-0.25, -0.2) is 0 Å². The standard InChI is InChI=1S/C28H50N2O13/c1-2-34-7-8-36-11-12-38-15-16-40-19-20-42-23-24-43-22-21-41-18-17-39-14-13-37-10-9-35-6-5-29-26(31)25-30-27(32)3-4-28(30)33/h3-4H,2,5-25H2,1H3,(H,29,31). The zero-order valence-electron chi connectivity index (χ0n) is 25.5. The van der Waals surface area contributed by atoms with E-state index >= 15 is 0 Å². The van der Waals surface area contributed by atoms with Crippen LogP contribution in [0.5, 0.6) is 0 Å². The van der Waals surface area contributed by atoms with E-state index in [1.165, 1.54) is 0 Å². The largest absolute Gasteiger partial charge is 0.379 e. The van der Waals surface area contributed by atoms with Gasteiger partial charge in [0.25, 0.3) is 11.8 Å². The van der Waals surface area contributed by atoms with Gasteiger partial charge in [0.1, 0.15) is 6.54 Å². The van der Waals surface area contributed by atoms with Crippen LogP contribution < -0.4 is 5.32 Å². The van der Waals surface area contributed by atoms with Crippen molar-refractivity contribution in [3.05, 3.63) is 12.2 Å². The molecular formula is C28H50N2O13. The van der Waals surface area contributed by atoms with E-state index in [2.05, 4.69) is 5.32 Å². The van der Waals surface area contributed by atoms with Gasteiger partial charge in [-0.15, -0.1) is 0 Å². The molecule has 1 rings (SSSR count). The minimum atomic E-state index is -0.489. The van der Waals surface area contributed by atoms with Crippen molar-refractivity contribution in [1.82, 2.24) is 10.2 Å². The summed E-state index contributed by atoms with van der Waals surface area (Å²) >= 11 is 0. The molecule has 250 valence electrons. The molecule has 0 unspecified atom stereocenters. The molecule has 0 saturated carbocycles. The Morgan fingerprint density at radius 3 is 1.09 bits per heavy atom. The maximum atomic E-state index is 11.7. The molecule has 0 saturated heterocycles. The highest BCUT2D eigenvalue weighted by Gasteiger charge is 2.25. The molecular weight excluding hydrogens is 572 g/mol. The van der Waals surface area contributed by atoms with Gasteiger partial charge in [-0.3, -0.25) is 19.3 Å². The molecule has 15 heteroatoms. The lowest BCUT2D eigenvalue weighted by Gasteiger charge is -2.13. The number of nitrogens with one attached hydrogen (secondary N) is 1. The number of nitrogens with zero attached hydrogens (tertiary/aromatic N) is 1. The summed E-state index contributed by atoms with van der Waals surface area (Å²) in [7, 11) is 0. The summed E-state index contributed by atoms with van der Waals surface area (Å²) in [6, 6.07) is 0. The third kappa shape index (κ3) is 25.0. The third-order valence-electron chi connectivity index (χ3n) is 5.32. The van der Waals surface area contributed by atoms with Crippen molar-refractivity contribution in [2.24, 2.45) is 0 Å². The fraction of sp³-hybridized carbons (Fsp3) is 0.821. The highest BCUT2D eigenvalue weighted by atomic mass is 16.6. The number of ether oxygens (including phenoxy) is 10. The van der Waals surface area contributed by atoms with E-state index in [9.17, 15) is 14.4 Å². The topological polar surface area (TPSA) is 159 Å². The number of rotatable bonds is 33. The van der Waals surface area contributed by atoms with Crippen molar-refractivity contribution in [2.75, 3.05) is 145 Å². The first kappa shape index (κ1) is 39.0. The van der Waals surface area contributed by atoms with E-state index < -0.39 is 17.7 Å². The Morgan fingerprint density at radius 1 is 0.512 bits per heavy atom. The highest BCUT2D eigenvalue weighted by Crippen LogP contribution is 2.02. The predicted molar refractivity (Wildman–Crippen MR) is 153 cm³/mol. The van der Waals surface area contributed by atoms with Gasteiger partial charge in [-0.2, -0.15) is 0 Å². The lowest BCUT2D eigenvalue weighted by Crippen LogP contribution is -2.41. The van der Waals surface area contributed by atoms with Gasteiger partial charge in [0.05, 0.1) is 126 Å². The first-order valence-electron chi connectivity index (χ1n) is 14.7. The van der Waals surface area contributed by atoms with Gasteiger partial charge in [-0.05, 0) is 6.92 Å². The number of amides is 3. The van der Waals surface area contributed by atoms with Crippen molar-refractivity contribution in [3.63, 3.8) is 0 Å². The summed E-state index contributed by atoms with van der Waals surface area (Å²) in [4.78, 5) is 35.4. The smallest absolute Gasteiger partial charge is 0.254 e. The highest BCUT2D eigenvalue weighted by molar-refractivity contribution is 6.14. The Morgan fingerprint density at radius 2 is 0.791 bits per heavy atom. The van der Waals surface area contributed by atoms with Crippen molar-refractivity contribution in [3.8, 4) is 0 Å². The molecule has 15 nitrogen and oxygen atoms in total. The molecule has 0 fully saturated rings. The van der Waals surface area contributed by atoms with E-state index in [1.807, 2.05) is 6.92 Å². The van der Waals surface area contributed by atoms with Crippen LogP contribution in [-0.2, 0) is 61.8 Å². The molecule has 0 aliphatic carbocycles. The number of hydrogen-bond donors (Lipinski definition) is 1. The van der Waals surface area contributed by atoms with E-state index in [1.54, 1.807) is 0 Å². The van der Waals surface area contributed by atoms with Gasteiger partial charge >= 0.3 is 0 Å². The van der Waals surface area contributed by atoms with Crippen LogP contribution in [0.25, 0.3) is 0 Å². The second kappa shape index (κ2) is 30.0. The average molecular weight is 623 g/mol. The number of imide groups is 1. The maximum absolute atomic E-state index is 11.7. The van der Waals surface area contributed by atoms with Crippen LogP contribution in [0.3, 0.4) is 0 Å². The van der Waals surface area contributed by atoms with Crippen molar-refractivity contribution in [1.29, 1.82) is 0 Å². The van der Waals surface area contributed by atoms with Crippen LogP contribution >= 0.6 is 0 Å². The minimum Gasteiger partial charge on any atom is -0.379 e. The molecule has 0 aromatic carbocycles. The first-order chi connectivity index (χ1) is 21.1. The minimum absolute atomic E-state index is 0.269. The Balaban J connectivity index is 1.66. The molecule has 0 bridgehead atoms. The molecule has 1 aliphatic heterocycles. The molecule has 1 aliphatic rings. The van der Waals surface area contributed by atoms with E-state index in [0.29, 0.717) is 132 Å². The summed E-state index contributed by atoms with van der Waals surface area (Å²) in [6.45, 7) is 11.7. The predicted octanol–water partition coefficient (Wildman–Crippen LogP) is -0.786. The summed E-state index contributed by atoms with van der Waals surface area (Å²) in [6.07, 6.45) is 2.28. The van der Waals surface area contributed by atoms with Crippen molar-refractivity contribution < 1.29 is 61.8 Å². The van der Waals surface area contributed by atoms with Crippen LogP contribution in [0, 0.1) is 0 Å². The molecule has 43 heavy (non-hydrogen) atoms. The summed E-state index contributed by atoms with van der Waals surface area (Å²) in [5.74, 6) is -1.40. The molecule has 0 radical (unpaired) electrons. The average Bonchev–Trinajstić information content (AvgIpc) is 3.32. The van der Waals surface area contributed by atoms with Gasteiger partial charge in [0.15, 0.2) is 0 Å². The van der Waals surface area contributed by atoms with Crippen molar-refractivity contribution in [2.45, 2.75) is 6.92 Å². The maximum Gasteiger partial charge on any atom is 0.254 e. The summed E-state index contributed by atoms with van der Waals surface area (Å²) in [5, 5.41) is 2.59. The second-order valence-corrected chi connectivity index (χ2v) is 8.65. The monoisotopic (exact) mass is 622 g/mol. The SMILES string of the molecule is CCOCCOCCOCCOCCOCCOCCOCCOCCOCCOCCNC(=O)CN1C(=O)C=CC1=O. The van der Waals surface area contributed by atoms with Gasteiger partial charge in [0, 0.05) is 25.3 Å². The molecule has 0 spiro atoms. The number of hydrogen-bond acceptors (Lipinski definition) is 13. The molecule has 1 N–H and O–H groups in total. The van der Waals surface area contributed by atoms with Crippen LogP contribution in [0.15, 0.2) is 12.2 Å². The number of carbonyl (C=O) groups excluding carboxylic acids is 3. The Labute approximate surface area is 254 Å². The van der Waals surface area contributed by atoms with Gasteiger partial charge in [0.2, 0.25) is 5.91 Å². The van der Waals surface area contributed by atoms with Crippen LogP contribution in [0.1, 0.15) is 6.92 Å². The van der Waals surface area contributed by atoms with Crippen LogP contribution in [0.4, 0.5) is 0 Å². The van der Waals surface area contributed by atoms with Crippen LogP contribution in [-0.4, -0.2) is 168 Å². The van der Waals surface area contributed by atoms with Crippen molar-refractivity contribution >= 4 is 17.7 Å². The molecule has 0 atom stereocenters. The van der Waals surface area contributed by atoms with Gasteiger partial charge < -0.3 is 52.7 Å². The molecule has 1 heterocycles. The first-order valence-corrected chi connectivity index (χ1v) is 14.7. The molecule has 0 aromatic rings. The quantitative estimate of drug-likeness (QED) is 0.0718. The third-order valence-corrected chi connectivity index (χ3v) is 5.32. The summed E-state index contributed by atoms with van der Waals surface area (Å²) in [5.41, 5.74) is 0. The van der Waals surface area contributed by atoms with E-state index in [4.69, 9.17) is 47.4 Å². The van der Waals surface area contributed by atoms with Crippen LogP contribution in [0.2, 0.25) is 0 Å². The number of carbonyl (C=O) groups is 3. The Hall–Kier alpha value is -2.05. The Kier molecular flexibility index (Phi) is 27.2. The van der Waals surface area contributed by atoms with E-state index in [0.717, 1.165) is 17.1 Å². The Bertz CT molecular complexity index is 709. The molecule has 3 amide bonds. The van der Waals surface area contributed by atoms with Gasteiger partial charge in [-0.1, -0.05) is 0 Å².